The van der Waals surface area contributed by atoms with Gasteiger partial charge in [-0.25, -0.2) is 4.79 Å². The molecule has 2 aromatic heterocycles. The Morgan fingerprint density at radius 1 is 0.885 bits per heavy atom. The number of para-hydroxylation sites is 1. The Kier molecular flexibility index (Phi) is 11.9. The standard InChI is InChI=1S/C40H37N3O7S2/c1-3-49-40(47)36-30-14-8-10-16-34(30)52-39(36)43-35(44)24-51-28-20-17-26(18-21-28)41-38(46)31(42-37(45)25-11-5-4-6-12-25)23-27-19-22-33(50-27)29-13-7-9-15-32(29)48-2/h4-7,9,11-13,15,17-23H,3,8,10,14,16,24H2,1-2H3,(H,41,46)(H,42,45)(H,43,44)/b31-23+. The van der Waals surface area contributed by atoms with Crippen molar-refractivity contribution in [2.45, 2.75) is 37.5 Å². The fourth-order valence-corrected chi connectivity index (χ4v) is 7.72. The first kappa shape index (κ1) is 36.2. The van der Waals surface area contributed by atoms with Gasteiger partial charge >= 0.3 is 5.97 Å². The quantitative estimate of drug-likeness (QED) is 0.0626. The van der Waals surface area contributed by atoms with E-state index in [1.165, 1.54) is 29.2 Å². The molecule has 1 aliphatic carbocycles. The number of carbonyl (C=O) groups is 4. The monoisotopic (exact) mass is 735 g/mol. The maximum atomic E-state index is 13.6. The van der Waals surface area contributed by atoms with E-state index in [0.717, 1.165) is 46.6 Å². The summed E-state index contributed by atoms with van der Waals surface area (Å²) in [6, 6.07) is 26.5. The van der Waals surface area contributed by atoms with Crippen LogP contribution < -0.4 is 20.7 Å². The molecule has 10 nitrogen and oxygen atoms in total. The van der Waals surface area contributed by atoms with Crippen molar-refractivity contribution in [1.29, 1.82) is 0 Å². The van der Waals surface area contributed by atoms with Crippen molar-refractivity contribution < 1.29 is 33.1 Å². The third kappa shape index (κ3) is 8.82. The van der Waals surface area contributed by atoms with Crippen molar-refractivity contribution in [2.24, 2.45) is 0 Å². The van der Waals surface area contributed by atoms with Gasteiger partial charge in [0.2, 0.25) is 5.91 Å². The molecule has 6 rings (SSSR count). The Morgan fingerprint density at radius 3 is 2.40 bits per heavy atom. The highest BCUT2D eigenvalue weighted by Crippen LogP contribution is 2.39. The lowest BCUT2D eigenvalue weighted by Crippen LogP contribution is -2.30. The predicted octanol–water partition coefficient (Wildman–Crippen LogP) is 8.21. The number of hydrogen-bond donors (Lipinski definition) is 3. The largest absolute Gasteiger partial charge is 0.496 e. The van der Waals surface area contributed by atoms with Gasteiger partial charge in [-0.05, 0) is 98.8 Å². The third-order valence-corrected chi connectivity index (χ3v) is 10.4. The maximum absolute atomic E-state index is 13.6. The van der Waals surface area contributed by atoms with E-state index in [-0.39, 0.29) is 24.0 Å². The number of hydrogen-bond acceptors (Lipinski definition) is 9. The van der Waals surface area contributed by atoms with E-state index in [9.17, 15) is 19.2 Å². The minimum Gasteiger partial charge on any atom is -0.496 e. The van der Waals surface area contributed by atoms with Crippen molar-refractivity contribution in [2.75, 3.05) is 30.1 Å². The number of furan rings is 1. The van der Waals surface area contributed by atoms with Gasteiger partial charge in [-0.1, -0.05) is 30.3 Å². The molecule has 0 unspecified atom stereocenters. The Bertz CT molecular complexity index is 2100. The lowest BCUT2D eigenvalue weighted by atomic mass is 9.95. The van der Waals surface area contributed by atoms with E-state index < -0.39 is 17.8 Å². The number of ether oxygens (including phenoxy) is 2. The number of thioether (sulfide) groups is 1. The minimum atomic E-state index is -0.560. The number of rotatable bonds is 13. The summed E-state index contributed by atoms with van der Waals surface area (Å²) in [4.78, 5) is 54.4. The Labute approximate surface area is 309 Å². The second kappa shape index (κ2) is 17.1. The molecule has 3 amide bonds. The highest BCUT2D eigenvalue weighted by molar-refractivity contribution is 8.00. The van der Waals surface area contributed by atoms with Gasteiger partial charge in [0, 0.05) is 27.1 Å². The van der Waals surface area contributed by atoms with Crippen LogP contribution in [-0.4, -0.2) is 43.2 Å². The average molecular weight is 736 g/mol. The van der Waals surface area contributed by atoms with Crippen LogP contribution in [-0.2, 0) is 27.2 Å². The van der Waals surface area contributed by atoms with Crippen LogP contribution in [0, 0.1) is 0 Å². The van der Waals surface area contributed by atoms with Gasteiger partial charge < -0.3 is 29.8 Å². The lowest BCUT2D eigenvalue weighted by Gasteiger charge is -2.12. The van der Waals surface area contributed by atoms with E-state index in [4.69, 9.17) is 13.9 Å². The Morgan fingerprint density at radius 2 is 1.63 bits per heavy atom. The van der Waals surface area contributed by atoms with Crippen molar-refractivity contribution in [3.63, 3.8) is 0 Å². The molecule has 3 aromatic carbocycles. The van der Waals surface area contributed by atoms with Crippen LogP contribution in [0.5, 0.6) is 5.75 Å². The first-order valence-corrected chi connectivity index (χ1v) is 18.6. The summed E-state index contributed by atoms with van der Waals surface area (Å²) < 4.78 is 16.8. The number of thiophene rings is 1. The van der Waals surface area contributed by atoms with E-state index >= 15 is 0 Å². The number of carbonyl (C=O) groups excluding carboxylic acids is 4. The SMILES string of the molecule is CCOC(=O)c1c(NC(=O)CSc2ccc(NC(=O)/C(=C\c3ccc(-c4ccccc4OC)o3)NC(=O)c3ccccc3)cc2)sc2c1CCCC2. The molecule has 1 aliphatic rings. The summed E-state index contributed by atoms with van der Waals surface area (Å²) >= 11 is 2.78. The minimum absolute atomic E-state index is 0.0256. The zero-order valence-corrected chi connectivity index (χ0v) is 30.3. The van der Waals surface area contributed by atoms with Crippen LogP contribution in [0.15, 0.2) is 106 Å². The molecular formula is C40H37N3O7S2. The Balaban J connectivity index is 1.12. The predicted molar refractivity (Wildman–Crippen MR) is 204 cm³/mol. The molecule has 0 saturated carbocycles. The van der Waals surface area contributed by atoms with Crippen LogP contribution >= 0.6 is 23.1 Å². The number of anilines is 2. The fourth-order valence-electron chi connectivity index (χ4n) is 5.73. The Hall–Kier alpha value is -5.59. The van der Waals surface area contributed by atoms with Crippen LogP contribution in [0.4, 0.5) is 10.7 Å². The topological polar surface area (TPSA) is 136 Å². The molecule has 52 heavy (non-hydrogen) atoms. The molecule has 3 N–H and O–H groups in total. The molecule has 0 atom stereocenters. The van der Waals surface area contributed by atoms with Crippen LogP contribution in [0.1, 0.15) is 56.7 Å². The number of benzene rings is 3. The highest BCUT2D eigenvalue weighted by atomic mass is 32.2. The molecular weight excluding hydrogens is 699 g/mol. The van der Waals surface area contributed by atoms with E-state index in [1.54, 1.807) is 80.8 Å². The molecule has 0 spiro atoms. The van der Waals surface area contributed by atoms with Gasteiger partial charge in [-0.3, -0.25) is 14.4 Å². The fraction of sp³-hybridized carbons (Fsp3) is 0.200. The molecule has 12 heteroatoms. The second-order valence-electron chi connectivity index (χ2n) is 11.7. The lowest BCUT2D eigenvalue weighted by molar-refractivity contribution is -0.114. The zero-order chi connectivity index (χ0) is 36.5. The van der Waals surface area contributed by atoms with E-state index in [2.05, 4.69) is 16.0 Å². The van der Waals surface area contributed by atoms with Crippen LogP contribution in [0.3, 0.4) is 0 Å². The summed E-state index contributed by atoms with van der Waals surface area (Å²) in [6.07, 6.45) is 5.23. The number of fused-ring (bicyclic) bond motifs is 1. The normalized spacial score (nSPS) is 12.4. The van der Waals surface area contributed by atoms with Crippen LogP contribution in [0.25, 0.3) is 17.4 Å². The first-order valence-electron chi connectivity index (χ1n) is 16.8. The molecule has 0 aliphatic heterocycles. The smallest absolute Gasteiger partial charge is 0.341 e. The van der Waals surface area contributed by atoms with E-state index in [1.807, 2.05) is 24.3 Å². The third-order valence-electron chi connectivity index (χ3n) is 8.20. The number of methoxy groups -OCH3 is 1. The summed E-state index contributed by atoms with van der Waals surface area (Å²) in [5.74, 6) is -0.0150. The summed E-state index contributed by atoms with van der Waals surface area (Å²) in [5, 5.41) is 9.04. The molecule has 0 bridgehead atoms. The average Bonchev–Trinajstić information content (AvgIpc) is 3.79. The van der Waals surface area contributed by atoms with Crippen molar-refractivity contribution >= 4 is 63.6 Å². The molecule has 5 aromatic rings. The molecule has 0 radical (unpaired) electrons. The second-order valence-corrected chi connectivity index (χ2v) is 13.9. The number of amides is 3. The number of esters is 1. The van der Waals surface area contributed by atoms with Crippen molar-refractivity contribution in [1.82, 2.24) is 5.32 Å². The summed E-state index contributed by atoms with van der Waals surface area (Å²) in [6.45, 7) is 2.03. The summed E-state index contributed by atoms with van der Waals surface area (Å²) in [7, 11) is 1.58. The first-order chi connectivity index (χ1) is 25.3. The van der Waals surface area contributed by atoms with Crippen LogP contribution in [0.2, 0.25) is 0 Å². The van der Waals surface area contributed by atoms with E-state index in [0.29, 0.717) is 39.1 Å². The van der Waals surface area contributed by atoms with Gasteiger partial charge in [0.25, 0.3) is 11.8 Å². The van der Waals surface area contributed by atoms with Crippen molar-refractivity contribution in [3.8, 4) is 17.1 Å². The molecule has 2 heterocycles. The van der Waals surface area contributed by atoms with Gasteiger partial charge in [-0.2, -0.15) is 0 Å². The zero-order valence-electron chi connectivity index (χ0n) is 28.7. The molecule has 0 saturated heterocycles. The van der Waals surface area contributed by atoms with Gasteiger partial charge in [-0.15, -0.1) is 23.1 Å². The van der Waals surface area contributed by atoms with Gasteiger partial charge in [0.05, 0.1) is 30.6 Å². The molecule has 266 valence electrons. The van der Waals surface area contributed by atoms with Gasteiger partial charge in [0.15, 0.2) is 0 Å². The maximum Gasteiger partial charge on any atom is 0.341 e. The number of nitrogens with one attached hydrogen (secondary N) is 3. The van der Waals surface area contributed by atoms with Gasteiger partial charge in [0.1, 0.15) is 28.0 Å². The summed E-state index contributed by atoms with van der Waals surface area (Å²) in [5.41, 5.74) is 3.06. The molecule has 0 fully saturated rings. The van der Waals surface area contributed by atoms with Crippen molar-refractivity contribution in [3.05, 3.63) is 124 Å². The highest BCUT2D eigenvalue weighted by Gasteiger charge is 2.27. The number of aryl methyl sites for hydroxylation is 1.